The standard InChI is InChI=1S/C14H17N5O3/c20-9-13(21)12-6-11-8-18(3-4-19(11)17-12)14(22)5-10-7-15-1-2-16-10/h1-2,6-7,13,20-21H,3-5,8-9H2. The molecule has 0 fully saturated rings. The normalized spacial score (nSPS) is 15.5. The highest BCUT2D eigenvalue weighted by atomic mass is 16.3. The average Bonchev–Trinajstić information content (AvgIpc) is 2.98. The Morgan fingerprint density at radius 3 is 2.95 bits per heavy atom. The highest BCUT2D eigenvalue weighted by molar-refractivity contribution is 5.78. The van der Waals surface area contributed by atoms with Gasteiger partial charge in [-0.1, -0.05) is 0 Å². The van der Waals surface area contributed by atoms with Crippen LogP contribution < -0.4 is 0 Å². The van der Waals surface area contributed by atoms with Crippen molar-refractivity contribution in [1.82, 2.24) is 24.6 Å². The number of hydrogen-bond donors (Lipinski definition) is 2. The van der Waals surface area contributed by atoms with E-state index in [0.29, 0.717) is 31.0 Å². The van der Waals surface area contributed by atoms with Crippen LogP contribution in [0.4, 0.5) is 0 Å². The van der Waals surface area contributed by atoms with E-state index in [1.54, 1.807) is 34.2 Å². The van der Waals surface area contributed by atoms with Crippen LogP contribution in [-0.4, -0.2) is 53.9 Å². The molecule has 1 amide bonds. The first-order chi connectivity index (χ1) is 10.7. The molecule has 3 heterocycles. The van der Waals surface area contributed by atoms with Crippen molar-refractivity contribution in [2.24, 2.45) is 0 Å². The minimum absolute atomic E-state index is 0.0165. The molecule has 1 unspecified atom stereocenters. The third kappa shape index (κ3) is 2.97. The van der Waals surface area contributed by atoms with Crippen molar-refractivity contribution in [3.05, 3.63) is 41.7 Å². The highest BCUT2D eigenvalue weighted by Gasteiger charge is 2.24. The van der Waals surface area contributed by atoms with Crippen LogP contribution in [0.1, 0.15) is 23.2 Å². The molecule has 2 aromatic heterocycles. The van der Waals surface area contributed by atoms with Crippen molar-refractivity contribution in [2.45, 2.75) is 25.6 Å². The molecule has 2 N–H and O–H groups in total. The maximum absolute atomic E-state index is 12.3. The van der Waals surface area contributed by atoms with Gasteiger partial charge in [0, 0.05) is 25.1 Å². The van der Waals surface area contributed by atoms with Gasteiger partial charge < -0.3 is 15.1 Å². The Labute approximate surface area is 127 Å². The monoisotopic (exact) mass is 303 g/mol. The molecule has 0 spiro atoms. The fourth-order valence-corrected chi connectivity index (χ4v) is 2.45. The van der Waals surface area contributed by atoms with Crippen molar-refractivity contribution in [1.29, 1.82) is 0 Å². The number of aliphatic hydroxyl groups excluding tert-OH is 2. The summed E-state index contributed by atoms with van der Waals surface area (Å²) in [5.41, 5.74) is 1.92. The Kier molecular flexibility index (Phi) is 4.12. The van der Waals surface area contributed by atoms with Crippen LogP contribution in [0.15, 0.2) is 24.7 Å². The van der Waals surface area contributed by atoms with E-state index in [0.717, 1.165) is 5.69 Å². The van der Waals surface area contributed by atoms with E-state index >= 15 is 0 Å². The van der Waals surface area contributed by atoms with Gasteiger partial charge in [0.1, 0.15) is 6.10 Å². The fourth-order valence-electron chi connectivity index (χ4n) is 2.45. The largest absolute Gasteiger partial charge is 0.393 e. The Morgan fingerprint density at radius 1 is 1.36 bits per heavy atom. The molecule has 22 heavy (non-hydrogen) atoms. The molecule has 1 aliphatic rings. The molecule has 0 radical (unpaired) electrons. The third-order valence-electron chi connectivity index (χ3n) is 3.63. The maximum atomic E-state index is 12.3. The van der Waals surface area contributed by atoms with Crippen molar-refractivity contribution in [3.8, 4) is 0 Å². The number of carbonyl (C=O) groups excluding carboxylic acids is 1. The first-order valence-corrected chi connectivity index (χ1v) is 7.05. The molecule has 1 atom stereocenters. The zero-order valence-corrected chi connectivity index (χ0v) is 12.0. The predicted octanol–water partition coefficient (Wildman–Crippen LogP) is -0.716. The number of amides is 1. The number of nitrogens with zero attached hydrogens (tertiary/aromatic N) is 5. The molecule has 2 aromatic rings. The highest BCUT2D eigenvalue weighted by Crippen LogP contribution is 2.18. The number of rotatable bonds is 4. The van der Waals surface area contributed by atoms with Gasteiger partial charge in [-0.2, -0.15) is 5.10 Å². The number of fused-ring (bicyclic) bond motifs is 1. The third-order valence-corrected chi connectivity index (χ3v) is 3.63. The second-order valence-corrected chi connectivity index (χ2v) is 5.17. The van der Waals surface area contributed by atoms with Crippen LogP contribution in [0, 0.1) is 0 Å². The summed E-state index contributed by atoms with van der Waals surface area (Å²) in [6.07, 6.45) is 3.95. The number of hydrogen-bond acceptors (Lipinski definition) is 6. The van der Waals surface area contributed by atoms with Crippen LogP contribution in [0.3, 0.4) is 0 Å². The second-order valence-electron chi connectivity index (χ2n) is 5.17. The van der Waals surface area contributed by atoms with Crippen LogP contribution in [0.5, 0.6) is 0 Å². The average molecular weight is 303 g/mol. The molecule has 8 heteroatoms. The van der Waals surface area contributed by atoms with Crippen LogP contribution >= 0.6 is 0 Å². The molecule has 0 saturated heterocycles. The van der Waals surface area contributed by atoms with E-state index in [2.05, 4.69) is 15.1 Å². The fraction of sp³-hybridized carbons (Fsp3) is 0.429. The van der Waals surface area contributed by atoms with Gasteiger partial charge in [0.25, 0.3) is 0 Å². The summed E-state index contributed by atoms with van der Waals surface area (Å²) in [4.78, 5) is 22.1. The van der Waals surface area contributed by atoms with Gasteiger partial charge in [-0.3, -0.25) is 19.4 Å². The minimum Gasteiger partial charge on any atom is -0.393 e. The summed E-state index contributed by atoms with van der Waals surface area (Å²) >= 11 is 0. The quantitative estimate of drug-likeness (QED) is 0.773. The first-order valence-electron chi connectivity index (χ1n) is 7.05. The summed E-state index contributed by atoms with van der Waals surface area (Å²) in [7, 11) is 0. The summed E-state index contributed by atoms with van der Waals surface area (Å²) in [5.74, 6) is -0.0165. The molecule has 116 valence electrons. The first kappa shape index (κ1) is 14.6. The Bertz CT molecular complexity index is 658. The molecular formula is C14H17N5O3. The summed E-state index contributed by atoms with van der Waals surface area (Å²) in [6.45, 7) is 1.19. The molecule has 0 bridgehead atoms. The van der Waals surface area contributed by atoms with Crippen LogP contribution in [0.25, 0.3) is 0 Å². The lowest BCUT2D eigenvalue weighted by molar-refractivity contribution is -0.132. The van der Waals surface area contributed by atoms with E-state index in [9.17, 15) is 9.90 Å². The second kappa shape index (κ2) is 6.20. The van der Waals surface area contributed by atoms with Gasteiger partial charge >= 0.3 is 0 Å². The number of aromatic nitrogens is 4. The van der Waals surface area contributed by atoms with Gasteiger partial charge in [-0.05, 0) is 6.07 Å². The molecule has 1 aliphatic heterocycles. The predicted molar refractivity (Wildman–Crippen MR) is 75.4 cm³/mol. The van der Waals surface area contributed by atoms with E-state index in [1.807, 2.05) is 0 Å². The zero-order chi connectivity index (χ0) is 15.5. The van der Waals surface area contributed by atoms with Crippen molar-refractivity contribution in [3.63, 3.8) is 0 Å². The van der Waals surface area contributed by atoms with Crippen LogP contribution in [0.2, 0.25) is 0 Å². The Balaban J connectivity index is 1.68. The zero-order valence-electron chi connectivity index (χ0n) is 12.0. The minimum atomic E-state index is -0.984. The smallest absolute Gasteiger partial charge is 0.229 e. The molecular weight excluding hydrogens is 286 g/mol. The molecule has 3 rings (SSSR count). The summed E-state index contributed by atoms with van der Waals surface area (Å²) in [6, 6.07) is 1.72. The van der Waals surface area contributed by atoms with Gasteiger partial charge in [0.05, 0.1) is 43.2 Å². The van der Waals surface area contributed by atoms with E-state index < -0.39 is 6.10 Å². The van der Waals surface area contributed by atoms with Gasteiger partial charge in [0.2, 0.25) is 5.91 Å². The van der Waals surface area contributed by atoms with Gasteiger partial charge in [-0.25, -0.2) is 0 Å². The Morgan fingerprint density at radius 2 is 2.23 bits per heavy atom. The lowest BCUT2D eigenvalue weighted by Crippen LogP contribution is -2.39. The SMILES string of the molecule is O=C(Cc1cnccn1)N1CCn2nc(C(O)CO)cc2C1. The Hall–Kier alpha value is -2.32. The van der Waals surface area contributed by atoms with Crippen molar-refractivity contribution < 1.29 is 15.0 Å². The van der Waals surface area contributed by atoms with Crippen molar-refractivity contribution in [2.75, 3.05) is 13.2 Å². The maximum Gasteiger partial charge on any atom is 0.229 e. The topological polar surface area (TPSA) is 104 Å². The van der Waals surface area contributed by atoms with Gasteiger partial charge in [0.15, 0.2) is 0 Å². The van der Waals surface area contributed by atoms with Gasteiger partial charge in [-0.15, -0.1) is 0 Å². The molecule has 0 aliphatic carbocycles. The number of carbonyl (C=O) groups is 1. The van der Waals surface area contributed by atoms with Crippen molar-refractivity contribution >= 4 is 5.91 Å². The molecule has 0 aromatic carbocycles. The van der Waals surface area contributed by atoms with Crippen LogP contribution in [-0.2, 0) is 24.3 Å². The van der Waals surface area contributed by atoms with E-state index in [1.165, 1.54) is 0 Å². The lowest BCUT2D eigenvalue weighted by atomic mass is 10.2. The lowest BCUT2D eigenvalue weighted by Gasteiger charge is -2.27. The summed E-state index contributed by atoms with van der Waals surface area (Å²) < 4.78 is 1.76. The molecule has 0 saturated carbocycles. The molecule has 8 nitrogen and oxygen atoms in total. The number of aliphatic hydroxyl groups is 2. The van der Waals surface area contributed by atoms with E-state index in [-0.39, 0.29) is 18.9 Å². The van der Waals surface area contributed by atoms with E-state index in [4.69, 9.17) is 5.11 Å². The summed E-state index contributed by atoms with van der Waals surface area (Å²) in [5, 5.41) is 22.8.